The molecule has 42 heavy (non-hydrogen) atoms. The molecule has 218 valence electrons. The maximum Gasteiger partial charge on any atom is 0.410 e. The van der Waals surface area contributed by atoms with E-state index in [-0.39, 0.29) is 24.1 Å². The molecule has 2 aliphatic rings. The third-order valence-corrected chi connectivity index (χ3v) is 7.48. The average molecular weight is 570 g/mol. The second kappa shape index (κ2) is 10.6. The number of aromatic nitrogens is 5. The first-order valence-corrected chi connectivity index (χ1v) is 14.1. The molecule has 0 spiro atoms. The topological polar surface area (TPSA) is 122 Å². The van der Waals surface area contributed by atoms with E-state index in [0.717, 1.165) is 29.7 Å². The Balaban J connectivity index is 1.20. The van der Waals surface area contributed by atoms with Crippen molar-refractivity contribution in [2.24, 2.45) is 0 Å². The lowest BCUT2D eigenvalue weighted by molar-refractivity contribution is 0.0122. The highest BCUT2D eigenvalue weighted by Gasteiger charge is 2.44. The van der Waals surface area contributed by atoms with Gasteiger partial charge in [-0.15, -0.1) is 10.2 Å². The molecule has 0 aliphatic carbocycles. The zero-order valence-corrected chi connectivity index (χ0v) is 24.5. The fraction of sp³-hybridized carbons (Fsp3) is 0.400. The highest BCUT2D eigenvalue weighted by molar-refractivity contribution is 5.99. The standard InChI is InChI=1S/C30H35N9O3/c1-30(2,3)42-29(41)38-21-11-12-22(38)18-37(17-21)25-14-13-24(34-35-25)32-28-31-16-19-15-23(27(40)36(4)5)39(26(19)33-28)20-9-7-6-8-10-20/h6-10,13-16,21-22H,11-12,17-18H2,1-5H3,(H,31,32,33,34). The highest BCUT2D eigenvalue weighted by atomic mass is 16.6. The second-order valence-corrected chi connectivity index (χ2v) is 12.0. The van der Waals surface area contributed by atoms with Gasteiger partial charge in [-0.25, -0.2) is 9.78 Å². The SMILES string of the molecule is CN(C)C(=O)c1cc2cnc(Nc3ccc(N4CC5CCC(C4)N5C(=O)OC(C)(C)C)nn3)nc2n1-c1ccccc1. The fourth-order valence-corrected chi connectivity index (χ4v) is 5.65. The van der Waals surface area contributed by atoms with Gasteiger partial charge < -0.3 is 19.9 Å². The summed E-state index contributed by atoms with van der Waals surface area (Å²) in [6.07, 6.45) is 3.34. The van der Waals surface area contributed by atoms with Gasteiger partial charge in [-0.3, -0.25) is 14.3 Å². The highest BCUT2D eigenvalue weighted by Crippen LogP contribution is 2.33. The molecule has 2 unspecified atom stereocenters. The summed E-state index contributed by atoms with van der Waals surface area (Å²) in [5.74, 6) is 1.46. The number of carbonyl (C=O) groups excluding carboxylic acids is 2. The number of rotatable bonds is 5. The number of anilines is 3. The molecule has 2 bridgehead atoms. The third-order valence-electron chi connectivity index (χ3n) is 7.48. The first kappa shape index (κ1) is 27.4. The Kier molecular flexibility index (Phi) is 6.91. The van der Waals surface area contributed by atoms with Crippen LogP contribution in [0.5, 0.6) is 0 Å². The van der Waals surface area contributed by atoms with Crippen LogP contribution in [0.25, 0.3) is 16.7 Å². The summed E-state index contributed by atoms with van der Waals surface area (Å²) in [5, 5.41) is 12.7. The van der Waals surface area contributed by atoms with E-state index in [9.17, 15) is 9.59 Å². The normalized spacial score (nSPS) is 18.3. The monoisotopic (exact) mass is 569 g/mol. The van der Waals surface area contributed by atoms with Gasteiger partial charge in [-0.05, 0) is 63.9 Å². The van der Waals surface area contributed by atoms with E-state index in [4.69, 9.17) is 9.72 Å². The maximum absolute atomic E-state index is 13.0. The number of fused-ring (bicyclic) bond motifs is 3. The number of piperazine rings is 1. The summed E-state index contributed by atoms with van der Waals surface area (Å²) in [4.78, 5) is 40.6. The molecule has 2 fully saturated rings. The maximum atomic E-state index is 13.0. The van der Waals surface area contributed by atoms with Gasteiger partial charge in [0.1, 0.15) is 11.3 Å². The van der Waals surface area contributed by atoms with Crippen molar-refractivity contribution in [3.05, 3.63) is 60.4 Å². The summed E-state index contributed by atoms with van der Waals surface area (Å²) in [5.41, 5.74) is 1.41. The molecule has 12 heteroatoms. The average Bonchev–Trinajstić information content (AvgIpc) is 3.46. The van der Waals surface area contributed by atoms with E-state index < -0.39 is 5.60 Å². The fourth-order valence-electron chi connectivity index (χ4n) is 5.65. The van der Waals surface area contributed by atoms with Gasteiger partial charge in [-0.1, -0.05) is 18.2 Å². The van der Waals surface area contributed by atoms with Gasteiger partial charge in [0.05, 0.1) is 12.1 Å². The zero-order chi connectivity index (χ0) is 29.6. The van der Waals surface area contributed by atoms with Crippen LogP contribution in [0.4, 0.5) is 22.4 Å². The molecule has 0 saturated carbocycles. The lowest BCUT2D eigenvalue weighted by atomic mass is 10.2. The van der Waals surface area contributed by atoms with Crippen LogP contribution in [-0.4, -0.2) is 91.4 Å². The Morgan fingerprint density at radius 3 is 2.33 bits per heavy atom. The van der Waals surface area contributed by atoms with E-state index in [0.29, 0.717) is 36.2 Å². The quantitative estimate of drug-likeness (QED) is 0.376. The second-order valence-electron chi connectivity index (χ2n) is 12.0. The summed E-state index contributed by atoms with van der Waals surface area (Å²) in [7, 11) is 3.45. The molecule has 1 aromatic carbocycles. The number of carbonyl (C=O) groups is 2. The molecule has 2 atom stereocenters. The largest absolute Gasteiger partial charge is 0.444 e. The Labute approximate surface area is 244 Å². The lowest BCUT2D eigenvalue weighted by Crippen LogP contribution is -2.57. The van der Waals surface area contributed by atoms with Gasteiger partial charge in [0, 0.05) is 44.5 Å². The minimum Gasteiger partial charge on any atom is -0.444 e. The van der Waals surface area contributed by atoms with Crippen molar-refractivity contribution >= 4 is 40.6 Å². The zero-order valence-electron chi connectivity index (χ0n) is 24.5. The van der Waals surface area contributed by atoms with Crippen LogP contribution in [-0.2, 0) is 4.74 Å². The summed E-state index contributed by atoms with van der Waals surface area (Å²) >= 11 is 0. The number of nitrogens with one attached hydrogen (secondary N) is 1. The smallest absolute Gasteiger partial charge is 0.410 e. The van der Waals surface area contributed by atoms with Crippen LogP contribution in [0.1, 0.15) is 44.1 Å². The number of benzene rings is 1. The van der Waals surface area contributed by atoms with Crippen molar-refractivity contribution in [1.82, 2.24) is 34.5 Å². The Morgan fingerprint density at radius 1 is 1.00 bits per heavy atom. The number of ether oxygens (including phenoxy) is 1. The van der Waals surface area contributed by atoms with Gasteiger partial charge >= 0.3 is 6.09 Å². The van der Waals surface area contributed by atoms with E-state index in [2.05, 4.69) is 25.4 Å². The summed E-state index contributed by atoms with van der Waals surface area (Å²) < 4.78 is 7.49. The molecule has 0 radical (unpaired) electrons. The van der Waals surface area contributed by atoms with E-state index in [1.54, 1.807) is 31.3 Å². The van der Waals surface area contributed by atoms with Crippen molar-refractivity contribution in [3.63, 3.8) is 0 Å². The minimum atomic E-state index is -0.521. The summed E-state index contributed by atoms with van der Waals surface area (Å²) in [6.45, 7) is 7.04. The Bertz CT molecular complexity index is 1600. The van der Waals surface area contributed by atoms with E-state index in [1.165, 1.54) is 0 Å². The number of amides is 2. The molecule has 1 N–H and O–H groups in total. The first-order chi connectivity index (χ1) is 20.1. The minimum absolute atomic E-state index is 0.0865. The molecule has 2 aliphatic heterocycles. The van der Waals surface area contributed by atoms with Crippen molar-refractivity contribution in [2.45, 2.75) is 51.3 Å². The molecule has 4 aromatic rings. The number of nitrogens with zero attached hydrogens (tertiary/aromatic N) is 8. The molecule has 6 rings (SSSR count). The van der Waals surface area contributed by atoms with Gasteiger partial charge in [0.2, 0.25) is 5.95 Å². The molecule has 2 saturated heterocycles. The van der Waals surface area contributed by atoms with Crippen LogP contribution in [0.2, 0.25) is 0 Å². The van der Waals surface area contributed by atoms with Crippen LogP contribution in [0, 0.1) is 0 Å². The van der Waals surface area contributed by atoms with Crippen molar-refractivity contribution in [1.29, 1.82) is 0 Å². The van der Waals surface area contributed by atoms with Crippen molar-refractivity contribution in [2.75, 3.05) is 37.4 Å². The molecule has 12 nitrogen and oxygen atoms in total. The molecular weight excluding hydrogens is 534 g/mol. The number of hydrogen-bond donors (Lipinski definition) is 1. The Morgan fingerprint density at radius 2 is 1.71 bits per heavy atom. The van der Waals surface area contributed by atoms with E-state index in [1.807, 2.05) is 72.7 Å². The van der Waals surface area contributed by atoms with Gasteiger partial charge in [0.25, 0.3) is 5.91 Å². The van der Waals surface area contributed by atoms with Crippen molar-refractivity contribution in [3.8, 4) is 5.69 Å². The molecule has 3 aromatic heterocycles. The van der Waals surface area contributed by atoms with Gasteiger partial charge in [-0.2, -0.15) is 4.98 Å². The number of para-hydroxylation sites is 1. The van der Waals surface area contributed by atoms with Crippen LogP contribution >= 0.6 is 0 Å². The number of hydrogen-bond acceptors (Lipinski definition) is 9. The van der Waals surface area contributed by atoms with E-state index >= 15 is 0 Å². The molecular formula is C30H35N9O3. The third kappa shape index (κ3) is 5.31. The lowest BCUT2D eigenvalue weighted by Gasteiger charge is -2.41. The van der Waals surface area contributed by atoms with Gasteiger partial charge in [0.15, 0.2) is 17.3 Å². The Hall–Kier alpha value is -4.74. The predicted octanol–water partition coefficient (Wildman–Crippen LogP) is 4.24. The van der Waals surface area contributed by atoms with Crippen LogP contribution in [0.3, 0.4) is 0 Å². The first-order valence-electron chi connectivity index (χ1n) is 14.1. The van der Waals surface area contributed by atoms with Crippen LogP contribution < -0.4 is 10.2 Å². The molecule has 5 heterocycles. The summed E-state index contributed by atoms with van der Waals surface area (Å²) in [6, 6.07) is 15.4. The van der Waals surface area contributed by atoms with Crippen molar-refractivity contribution < 1.29 is 14.3 Å². The molecule has 2 amide bonds. The predicted molar refractivity (Wildman–Crippen MR) is 159 cm³/mol. The van der Waals surface area contributed by atoms with Crippen LogP contribution in [0.15, 0.2) is 54.7 Å².